The number of rotatable bonds is 4. The molecular formula is C15H19NO2. The van der Waals surface area contributed by atoms with E-state index in [0.717, 1.165) is 29.7 Å². The van der Waals surface area contributed by atoms with Crippen molar-refractivity contribution in [2.24, 2.45) is 5.92 Å². The number of aryl methyl sites for hydroxylation is 1. The molecule has 3 nitrogen and oxygen atoms in total. The maximum absolute atomic E-state index is 11.8. The summed E-state index contributed by atoms with van der Waals surface area (Å²) in [5, 5.41) is 3.04. The Labute approximate surface area is 108 Å². The Hall–Kier alpha value is -1.77. The standard InChI is InChI=1S/C15H19NO2/c1-4-5-12-9-13(16-15(12)17)11-6-7-14(18-3)10(2)8-11/h4,6-8,12-13H,1,5,9H2,2-3H3,(H,16,17)/t12-,13+/m0/s1. The Morgan fingerprint density at radius 1 is 1.56 bits per heavy atom. The van der Waals surface area contributed by atoms with Gasteiger partial charge in [-0.3, -0.25) is 4.79 Å². The van der Waals surface area contributed by atoms with E-state index in [9.17, 15) is 4.79 Å². The van der Waals surface area contributed by atoms with Gasteiger partial charge in [-0.1, -0.05) is 18.2 Å². The molecule has 1 aliphatic heterocycles. The van der Waals surface area contributed by atoms with Crippen molar-refractivity contribution in [3.05, 3.63) is 42.0 Å². The summed E-state index contributed by atoms with van der Waals surface area (Å²) < 4.78 is 5.24. The van der Waals surface area contributed by atoms with Gasteiger partial charge in [0.25, 0.3) is 0 Å². The van der Waals surface area contributed by atoms with Gasteiger partial charge < -0.3 is 10.1 Å². The molecule has 2 atom stereocenters. The second kappa shape index (κ2) is 5.25. The van der Waals surface area contributed by atoms with E-state index in [2.05, 4.69) is 18.0 Å². The number of allylic oxidation sites excluding steroid dienone is 1. The first-order valence-electron chi connectivity index (χ1n) is 6.21. The fourth-order valence-corrected chi connectivity index (χ4v) is 2.48. The summed E-state index contributed by atoms with van der Waals surface area (Å²) in [6.45, 7) is 5.71. The van der Waals surface area contributed by atoms with E-state index in [1.165, 1.54) is 0 Å². The lowest BCUT2D eigenvalue weighted by Gasteiger charge is -2.13. The van der Waals surface area contributed by atoms with Gasteiger partial charge in [0.1, 0.15) is 5.75 Å². The first-order chi connectivity index (χ1) is 8.65. The number of carbonyl (C=O) groups excluding carboxylic acids is 1. The van der Waals surface area contributed by atoms with E-state index in [1.807, 2.05) is 25.1 Å². The average Bonchev–Trinajstić information content (AvgIpc) is 2.71. The van der Waals surface area contributed by atoms with Crippen LogP contribution in [0.4, 0.5) is 0 Å². The molecule has 1 saturated heterocycles. The van der Waals surface area contributed by atoms with Crippen LogP contribution in [0.5, 0.6) is 5.75 Å². The van der Waals surface area contributed by atoms with E-state index in [4.69, 9.17) is 4.74 Å². The SMILES string of the molecule is C=CC[C@H]1C[C@H](c2ccc(OC)c(C)c2)NC1=O. The maximum Gasteiger partial charge on any atom is 0.223 e. The third-order valence-electron chi connectivity index (χ3n) is 3.48. The number of hydrogen-bond donors (Lipinski definition) is 1. The minimum atomic E-state index is 0.0647. The van der Waals surface area contributed by atoms with Gasteiger partial charge in [0, 0.05) is 5.92 Å². The molecule has 3 heteroatoms. The minimum Gasteiger partial charge on any atom is -0.496 e. The van der Waals surface area contributed by atoms with Crippen LogP contribution in [0.25, 0.3) is 0 Å². The third-order valence-corrected chi connectivity index (χ3v) is 3.48. The molecule has 0 radical (unpaired) electrons. The lowest BCUT2D eigenvalue weighted by Crippen LogP contribution is -2.21. The minimum absolute atomic E-state index is 0.0647. The zero-order valence-corrected chi connectivity index (χ0v) is 10.9. The summed E-state index contributed by atoms with van der Waals surface area (Å²) >= 11 is 0. The van der Waals surface area contributed by atoms with E-state index in [1.54, 1.807) is 7.11 Å². The van der Waals surface area contributed by atoms with Gasteiger partial charge in [-0.25, -0.2) is 0 Å². The third kappa shape index (κ3) is 2.40. The van der Waals surface area contributed by atoms with Crippen molar-refractivity contribution in [3.63, 3.8) is 0 Å². The van der Waals surface area contributed by atoms with Gasteiger partial charge in [-0.15, -0.1) is 6.58 Å². The van der Waals surface area contributed by atoms with Crippen molar-refractivity contribution in [2.75, 3.05) is 7.11 Å². The quantitative estimate of drug-likeness (QED) is 0.828. The van der Waals surface area contributed by atoms with Crippen LogP contribution in [-0.2, 0) is 4.79 Å². The van der Waals surface area contributed by atoms with Crippen LogP contribution in [0.1, 0.15) is 30.0 Å². The zero-order valence-electron chi connectivity index (χ0n) is 10.9. The number of amides is 1. The van der Waals surface area contributed by atoms with Crippen LogP contribution in [0.2, 0.25) is 0 Å². The van der Waals surface area contributed by atoms with Crippen LogP contribution < -0.4 is 10.1 Å². The molecule has 1 heterocycles. The Kier molecular flexibility index (Phi) is 3.70. The lowest BCUT2D eigenvalue weighted by molar-refractivity contribution is -0.122. The van der Waals surface area contributed by atoms with Crippen molar-refractivity contribution in [3.8, 4) is 5.75 Å². The van der Waals surface area contributed by atoms with Gasteiger partial charge in [-0.05, 0) is 37.0 Å². The number of ether oxygens (including phenoxy) is 1. The molecule has 1 aliphatic rings. The fraction of sp³-hybridized carbons (Fsp3) is 0.400. The molecular weight excluding hydrogens is 226 g/mol. The highest BCUT2D eigenvalue weighted by Gasteiger charge is 2.31. The molecule has 1 aromatic carbocycles. The molecule has 1 amide bonds. The first kappa shape index (κ1) is 12.7. The van der Waals surface area contributed by atoms with Crippen molar-refractivity contribution in [2.45, 2.75) is 25.8 Å². The fourth-order valence-electron chi connectivity index (χ4n) is 2.48. The highest BCUT2D eigenvalue weighted by atomic mass is 16.5. The van der Waals surface area contributed by atoms with Crippen molar-refractivity contribution < 1.29 is 9.53 Å². The Bertz CT molecular complexity index is 468. The first-order valence-corrected chi connectivity index (χ1v) is 6.21. The molecule has 18 heavy (non-hydrogen) atoms. The zero-order chi connectivity index (χ0) is 13.1. The van der Waals surface area contributed by atoms with Crippen LogP contribution in [-0.4, -0.2) is 13.0 Å². The van der Waals surface area contributed by atoms with Crippen LogP contribution >= 0.6 is 0 Å². The summed E-state index contributed by atoms with van der Waals surface area (Å²) in [5.74, 6) is 1.08. The molecule has 0 aromatic heterocycles. The highest BCUT2D eigenvalue weighted by molar-refractivity contribution is 5.81. The molecule has 0 bridgehead atoms. The number of methoxy groups -OCH3 is 1. The second-order valence-electron chi connectivity index (χ2n) is 4.75. The summed E-state index contributed by atoms with van der Waals surface area (Å²) in [4.78, 5) is 11.8. The summed E-state index contributed by atoms with van der Waals surface area (Å²) in [5.41, 5.74) is 2.24. The van der Waals surface area contributed by atoms with Gasteiger partial charge >= 0.3 is 0 Å². The average molecular weight is 245 g/mol. The van der Waals surface area contributed by atoms with E-state index >= 15 is 0 Å². The number of hydrogen-bond acceptors (Lipinski definition) is 2. The number of carbonyl (C=O) groups is 1. The summed E-state index contributed by atoms with van der Waals surface area (Å²) in [7, 11) is 1.67. The van der Waals surface area contributed by atoms with Crippen molar-refractivity contribution in [1.82, 2.24) is 5.32 Å². The van der Waals surface area contributed by atoms with Crippen molar-refractivity contribution >= 4 is 5.91 Å². The van der Waals surface area contributed by atoms with Crippen LogP contribution in [0, 0.1) is 12.8 Å². The van der Waals surface area contributed by atoms with E-state index in [0.29, 0.717) is 0 Å². The van der Waals surface area contributed by atoms with Crippen LogP contribution in [0.3, 0.4) is 0 Å². The molecule has 0 saturated carbocycles. The molecule has 0 spiro atoms. The largest absolute Gasteiger partial charge is 0.496 e. The molecule has 1 N–H and O–H groups in total. The molecule has 2 rings (SSSR count). The Morgan fingerprint density at radius 2 is 2.33 bits per heavy atom. The monoisotopic (exact) mass is 245 g/mol. The van der Waals surface area contributed by atoms with E-state index in [-0.39, 0.29) is 17.9 Å². The summed E-state index contributed by atoms with van der Waals surface area (Å²) in [6, 6.07) is 6.18. The predicted molar refractivity (Wildman–Crippen MR) is 71.5 cm³/mol. The van der Waals surface area contributed by atoms with Gasteiger partial charge in [-0.2, -0.15) is 0 Å². The lowest BCUT2D eigenvalue weighted by atomic mass is 9.96. The topological polar surface area (TPSA) is 38.3 Å². The van der Waals surface area contributed by atoms with Gasteiger partial charge in [0.2, 0.25) is 5.91 Å². The molecule has 1 aromatic rings. The molecule has 1 fully saturated rings. The molecule has 0 unspecified atom stereocenters. The molecule has 0 aliphatic carbocycles. The Balaban J connectivity index is 2.16. The smallest absolute Gasteiger partial charge is 0.223 e. The maximum atomic E-state index is 11.8. The van der Waals surface area contributed by atoms with Gasteiger partial charge in [0.15, 0.2) is 0 Å². The van der Waals surface area contributed by atoms with Crippen molar-refractivity contribution in [1.29, 1.82) is 0 Å². The highest BCUT2D eigenvalue weighted by Crippen LogP contribution is 2.32. The number of benzene rings is 1. The predicted octanol–water partition coefficient (Wildman–Crippen LogP) is 2.76. The number of nitrogens with one attached hydrogen (secondary N) is 1. The normalized spacial score (nSPS) is 22.7. The van der Waals surface area contributed by atoms with Crippen LogP contribution in [0.15, 0.2) is 30.9 Å². The van der Waals surface area contributed by atoms with E-state index < -0.39 is 0 Å². The Morgan fingerprint density at radius 3 is 2.94 bits per heavy atom. The summed E-state index contributed by atoms with van der Waals surface area (Å²) in [6.07, 6.45) is 3.40. The molecule has 96 valence electrons. The second-order valence-corrected chi connectivity index (χ2v) is 4.75. The van der Waals surface area contributed by atoms with Gasteiger partial charge in [0.05, 0.1) is 13.2 Å².